The van der Waals surface area contributed by atoms with Gasteiger partial charge in [-0.2, -0.15) is 0 Å². The molecule has 2 heterocycles. The number of aromatic nitrogens is 3. The number of hydrogen-bond donors (Lipinski definition) is 2. The number of hydrogen-bond acceptors (Lipinski definition) is 6. The molecule has 3 aromatic rings. The fourth-order valence-corrected chi connectivity index (χ4v) is 3.51. The third-order valence-corrected chi connectivity index (χ3v) is 5.15. The number of aliphatic hydroxyl groups is 1. The lowest BCUT2D eigenvalue weighted by Gasteiger charge is -2.15. The molecule has 0 radical (unpaired) electrons. The standard InChI is InChI=1S/C22H23F2N5O3/c23-10-18(30)12-25-11-15-1-3-16(4-2-15)20-6-5-17(9-21(20)24)29-14-19(32-22(29)31)13-28-8-7-26-27-28/h1-9,18-19,25,30H,10-14H2. The van der Waals surface area contributed by atoms with Gasteiger partial charge in [0.15, 0.2) is 0 Å². The molecule has 0 saturated carbocycles. The van der Waals surface area contributed by atoms with E-state index in [0.29, 0.717) is 29.9 Å². The van der Waals surface area contributed by atoms with E-state index in [0.717, 1.165) is 5.56 Å². The summed E-state index contributed by atoms with van der Waals surface area (Å²) in [6, 6.07) is 11.9. The van der Waals surface area contributed by atoms with E-state index in [1.54, 1.807) is 41.3 Å². The monoisotopic (exact) mass is 443 g/mol. The Kier molecular flexibility index (Phi) is 6.72. The summed E-state index contributed by atoms with van der Waals surface area (Å²) in [6.45, 7) is 0.491. The number of nitrogens with zero attached hydrogens (tertiary/aromatic N) is 4. The summed E-state index contributed by atoms with van der Waals surface area (Å²) in [5, 5.41) is 19.8. The number of benzene rings is 2. The molecule has 2 aromatic carbocycles. The van der Waals surface area contributed by atoms with Gasteiger partial charge in [-0.25, -0.2) is 18.3 Å². The van der Waals surface area contributed by atoms with Crippen molar-refractivity contribution >= 4 is 11.8 Å². The predicted octanol–water partition coefficient (Wildman–Crippen LogP) is 2.53. The first kappa shape index (κ1) is 21.8. The fraction of sp³-hybridized carbons (Fsp3) is 0.318. The largest absolute Gasteiger partial charge is 0.442 e. The highest BCUT2D eigenvalue weighted by atomic mass is 19.1. The maximum Gasteiger partial charge on any atom is 0.414 e. The predicted molar refractivity (Wildman–Crippen MR) is 113 cm³/mol. The molecule has 0 bridgehead atoms. The molecular weight excluding hydrogens is 420 g/mol. The molecule has 1 amide bonds. The number of nitrogens with one attached hydrogen (secondary N) is 1. The summed E-state index contributed by atoms with van der Waals surface area (Å²) in [4.78, 5) is 13.7. The molecule has 0 aliphatic carbocycles. The molecule has 1 fully saturated rings. The van der Waals surface area contributed by atoms with Crippen molar-refractivity contribution in [1.82, 2.24) is 20.3 Å². The summed E-state index contributed by atoms with van der Waals surface area (Å²) < 4.78 is 34.1. The lowest BCUT2D eigenvalue weighted by molar-refractivity contribution is 0.129. The van der Waals surface area contributed by atoms with Crippen LogP contribution < -0.4 is 10.2 Å². The van der Waals surface area contributed by atoms with Crippen molar-refractivity contribution < 1.29 is 23.4 Å². The van der Waals surface area contributed by atoms with E-state index < -0.39 is 30.8 Å². The second-order valence-electron chi connectivity index (χ2n) is 7.54. The normalized spacial score (nSPS) is 16.9. The van der Waals surface area contributed by atoms with Gasteiger partial charge in [-0.1, -0.05) is 29.5 Å². The van der Waals surface area contributed by atoms with E-state index in [2.05, 4.69) is 15.6 Å². The minimum absolute atomic E-state index is 0.160. The summed E-state index contributed by atoms with van der Waals surface area (Å²) in [7, 11) is 0. The Balaban J connectivity index is 1.40. The Morgan fingerprint density at radius 1 is 1.25 bits per heavy atom. The van der Waals surface area contributed by atoms with Crippen LogP contribution in [0.4, 0.5) is 19.3 Å². The highest BCUT2D eigenvalue weighted by Gasteiger charge is 2.33. The topological polar surface area (TPSA) is 92.5 Å². The summed E-state index contributed by atoms with van der Waals surface area (Å²) in [6.07, 6.45) is 1.27. The van der Waals surface area contributed by atoms with Gasteiger partial charge in [-0.05, 0) is 29.3 Å². The zero-order valence-corrected chi connectivity index (χ0v) is 17.2. The minimum atomic E-state index is -1.02. The molecule has 1 saturated heterocycles. The third kappa shape index (κ3) is 5.09. The highest BCUT2D eigenvalue weighted by molar-refractivity contribution is 5.90. The number of ether oxygens (including phenoxy) is 1. The van der Waals surface area contributed by atoms with Gasteiger partial charge in [0.25, 0.3) is 0 Å². The molecule has 4 rings (SSSR count). The maximum absolute atomic E-state index is 14.9. The Bertz CT molecular complexity index is 1050. The maximum atomic E-state index is 14.9. The first-order valence-corrected chi connectivity index (χ1v) is 10.2. The van der Waals surface area contributed by atoms with Crippen LogP contribution in [0.2, 0.25) is 0 Å². The van der Waals surface area contributed by atoms with E-state index >= 15 is 0 Å². The van der Waals surface area contributed by atoms with Crippen molar-refractivity contribution in [1.29, 1.82) is 0 Å². The van der Waals surface area contributed by atoms with E-state index in [1.165, 1.54) is 11.0 Å². The van der Waals surface area contributed by atoms with Gasteiger partial charge in [-0.3, -0.25) is 4.90 Å². The number of cyclic esters (lactones) is 1. The van der Waals surface area contributed by atoms with Crippen LogP contribution in [0.5, 0.6) is 0 Å². The first-order valence-electron chi connectivity index (χ1n) is 10.2. The average molecular weight is 443 g/mol. The number of carbonyl (C=O) groups is 1. The number of aliphatic hydroxyl groups excluding tert-OH is 1. The molecule has 10 heteroatoms. The van der Waals surface area contributed by atoms with Gasteiger partial charge in [0.05, 0.1) is 31.1 Å². The zero-order valence-electron chi connectivity index (χ0n) is 17.2. The Morgan fingerprint density at radius 3 is 2.75 bits per heavy atom. The minimum Gasteiger partial charge on any atom is -0.442 e. The summed E-state index contributed by atoms with van der Waals surface area (Å²) in [5.41, 5.74) is 2.45. The molecule has 2 N–H and O–H groups in total. The average Bonchev–Trinajstić information content (AvgIpc) is 3.44. The van der Waals surface area contributed by atoms with Crippen molar-refractivity contribution in [2.75, 3.05) is 24.7 Å². The van der Waals surface area contributed by atoms with Crippen LogP contribution in [-0.4, -0.2) is 58.2 Å². The van der Waals surface area contributed by atoms with Crippen molar-refractivity contribution in [3.05, 3.63) is 66.2 Å². The van der Waals surface area contributed by atoms with E-state index in [4.69, 9.17) is 4.74 Å². The highest BCUT2D eigenvalue weighted by Crippen LogP contribution is 2.29. The van der Waals surface area contributed by atoms with Gasteiger partial charge in [0, 0.05) is 24.8 Å². The quantitative estimate of drug-likeness (QED) is 0.528. The van der Waals surface area contributed by atoms with Crippen LogP contribution in [0, 0.1) is 5.82 Å². The number of alkyl halides is 1. The van der Waals surface area contributed by atoms with Crippen LogP contribution in [0.25, 0.3) is 11.1 Å². The van der Waals surface area contributed by atoms with Crippen molar-refractivity contribution in [3.8, 4) is 11.1 Å². The summed E-state index contributed by atoms with van der Waals surface area (Å²) >= 11 is 0. The smallest absolute Gasteiger partial charge is 0.414 e. The molecule has 1 aliphatic heterocycles. The van der Waals surface area contributed by atoms with Crippen molar-refractivity contribution in [2.24, 2.45) is 0 Å². The first-order chi connectivity index (χ1) is 15.5. The fourth-order valence-electron chi connectivity index (χ4n) is 3.51. The van der Waals surface area contributed by atoms with Crippen LogP contribution in [0.3, 0.4) is 0 Å². The molecule has 32 heavy (non-hydrogen) atoms. The molecule has 1 aliphatic rings. The van der Waals surface area contributed by atoms with Crippen molar-refractivity contribution in [3.63, 3.8) is 0 Å². The van der Waals surface area contributed by atoms with Gasteiger partial charge in [0.2, 0.25) is 0 Å². The van der Waals surface area contributed by atoms with Crippen LogP contribution in [0.15, 0.2) is 54.9 Å². The van der Waals surface area contributed by atoms with Gasteiger partial charge >= 0.3 is 6.09 Å². The Morgan fingerprint density at radius 2 is 2.06 bits per heavy atom. The lowest BCUT2D eigenvalue weighted by Crippen LogP contribution is -2.27. The second kappa shape index (κ2) is 9.84. The number of halogens is 2. The molecule has 0 spiro atoms. The lowest BCUT2D eigenvalue weighted by atomic mass is 10.0. The van der Waals surface area contributed by atoms with Crippen molar-refractivity contribution in [2.45, 2.75) is 25.3 Å². The molecule has 168 valence electrons. The molecule has 8 nitrogen and oxygen atoms in total. The Hall–Kier alpha value is -3.37. The van der Waals surface area contributed by atoms with Gasteiger partial charge in [0.1, 0.15) is 18.6 Å². The third-order valence-electron chi connectivity index (χ3n) is 5.15. The van der Waals surface area contributed by atoms with Crippen LogP contribution in [-0.2, 0) is 17.8 Å². The number of rotatable bonds is 9. The van der Waals surface area contributed by atoms with Crippen LogP contribution in [0.1, 0.15) is 5.56 Å². The van der Waals surface area contributed by atoms with E-state index in [9.17, 15) is 18.7 Å². The summed E-state index contributed by atoms with van der Waals surface area (Å²) in [5.74, 6) is -0.452. The van der Waals surface area contributed by atoms with E-state index in [-0.39, 0.29) is 13.1 Å². The molecular formula is C22H23F2N5O3. The van der Waals surface area contributed by atoms with Gasteiger partial charge in [-0.15, -0.1) is 5.10 Å². The SMILES string of the molecule is O=C1OC(Cn2ccnn2)CN1c1ccc(-c2ccc(CNCC(O)CF)cc2)c(F)c1. The second-order valence-corrected chi connectivity index (χ2v) is 7.54. The van der Waals surface area contributed by atoms with Crippen LogP contribution >= 0.6 is 0 Å². The molecule has 1 aromatic heterocycles. The zero-order chi connectivity index (χ0) is 22.5. The number of carbonyl (C=O) groups excluding carboxylic acids is 1. The molecule has 2 atom stereocenters. The number of anilines is 1. The van der Waals surface area contributed by atoms with Gasteiger partial charge < -0.3 is 15.2 Å². The number of amides is 1. The Labute approximate surface area is 183 Å². The molecule has 2 unspecified atom stereocenters. The van der Waals surface area contributed by atoms with E-state index in [1.807, 2.05) is 12.1 Å².